The molecule has 0 saturated heterocycles. The van der Waals surface area contributed by atoms with E-state index in [9.17, 15) is 0 Å². The second-order valence-corrected chi connectivity index (χ2v) is 6.34. The molecule has 0 heteroatoms. The van der Waals surface area contributed by atoms with Crippen LogP contribution in [0.5, 0.6) is 0 Å². The van der Waals surface area contributed by atoms with Crippen LogP contribution in [0.25, 0.3) is 0 Å². The van der Waals surface area contributed by atoms with Crippen molar-refractivity contribution in [1.29, 1.82) is 0 Å². The Morgan fingerprint density at radius 2 is 1.80 bits per heavy atom. The van der Waals surface area contributed by atoms with Crippen molar-refractivity contribution in [3.05, 3.63) is 12.7 Å². The van der Waals surface area contributed by atoms with Gasteiger partial charge in [-0.15, -0.1) is 6.58 Å². The zero-order valence-electron chi connectivity index (χ0n) is 11.2. The van der Waals surface area contributed by atoms with Gasteiger partial charge in [-0.05, 0) is 48.3 Å². The Bertz CT molecular complexity index is 214. The highest BCUT2D eigenvalue weighted by Crippen LogP contribution is 2.49. The van der Waals surface area contributed by atoms with E-state index < -0.39 is 0 Å². The molecule has 0 amide bonds. The van der Waals surface area contributed by atoms with E-state index in [-0.39, 0.29) is 0 Å². The van der Waals surface area contributed by atoms with Crippen molar-refractivity contribution >= 4 is 0 Å². The van der Waals surface area contributed by atoms with Gasteiger partial charge in [-0.3, -0.25) is 0 Å². The third-order valence-electron chi connectivity index (χ3n) is 4.67. The summed E-state index contributed by atoms with van der Waals surface area (Å²) >= 11 is 0. The van der Waals surface area contributed by atoms with E-state index in [0.717, 1.165) is 23.7 Å². The summed E-state index contributed by atoms with van der Waals surface area (Å²) < 4.78 is 0. The topological polar surface area (TPSA) is 0 Å². The van der Waals surface area contributed by atoms with Crippen LogP contribution in [0.3, 0.4) is 0 Å². The molecule has 0 aliphatic heterocycles. The first-order valence-corrected chi connectivity index (χ1v) is 6.54. The average molecular weight is 208 g/mol. The first-order chi connectivity index (χ1) is 6.90. The smallest absolute Gasteiger partial charge is 0.0118 e. The van der Waals surface area contributed by atoms with E-state index >= 15 is 0 Å². The second kappa shape index (κ2) is 4.72. The van der Waals surface area contributed by atoms with E-state index in [0.29, 0.717) is 5.41 Å². The third kappa shape index (κ3) is 2.65. The molecule has 0 radical (unpaired) electrons. The molecule has 1 aliphatic rings. The van der Waals surface area contributed by atoms with Crippen LogP contribution in [-0.4, -0.2) is 0 Å². The molecule has 1 fully saturated rings. The fraction of sp³-hybridized carbons (Fsp3) is 0.867. The summed E-state index contributed by atoms with van der Waals surface area (Å²) in [5.41, 5.74) is 0.388. The van der Waals surface area contributed by atoms with Gasteiger partial charge in [0.2, 0.25) is 0 Å². The minimum atomic E-state index is 0.388. The monoisotopic (exact) mass is 208 g/mol. The highest BCUT2D eigenvalue weighted by Gasteiger charge is 2.39. The normalized spacial score (nSPS) is 37.3. The van der Waals surface area contributed by atoms with Gasteiger partial charge in [0, 0.05) is 0 Å². The molecule has 15 heavy (non-hydrogen) atoms. The van der Waals surface area contributed by atoms with Crippen molar-refractivity contribution in [2.24, 2.45) is 29.1 Å². The van der Waals surface area contributed by atoms with Crippen molar-refractivity contribution in [2.45, 2.75) is 53.9 Å². The molecule has 0 aromatic carbocycles. The van der Waals surface area contributed by atoms with Crippen LogP contribution in [0.2, 0.25) is 0 Å². The molecule has 1 rings (SSSR count). The Labute approximate surface area is 96.2 Å². The van der Waals surface area contributed by atoms with Gasteiger partial charge in [0.05, 0.1) is 0 Å². The highest BCUT2D eigenvalue weighted by molar-refractivity contribution is 5.01. The number of hydrogen-bond donors (Lipinski definition) is 0. The lowest BCUT2D eigenvalue weighted by molar-refractivity contribution is 0.0696. The van der Waals surface area contributed by atoms with Crippen LogP contribution in [0.1, 0.15) is 53.9 Å². The fourth-order valence-corrected chi connectivity index (χ4v) is 3.29. The lowest BCUT2D eigenvalue weighted by Gasteiger charge is -2.46. The fourth-order valence-electron chi connectivity index (χ4n) is 3.29. The summed E-state index contributed by atoms with van der Waals surface area (Å²) in [5.74, 6) is 3.40. The van der Waals surface area contributed by atoms with Crippen LogP contribution in [-0.2, 0) is 0 Å². The number of hydrogen-bond acceptors (Lipinski definition) is 0. The van der Waals surface area contributed by atoms with Crippen LogP contribution in [0, 0.1) is 29.1 Å². The molecule has 1 aliphatic carbocycles. The summed E-state index contributed by atoms with van der Waals surface area (Å²) in [6.07, 6.45) is 6.34. The molecule has 0 aromatic rings. The molecular formula is C15H28. The van der Waals surface area contributed by atoms with Gasteiger partial charge in [-0.1, -0.05) is 40.7 Å². The van der Waals surface area contributed by atoms with Crippen LogP contribution in [0.15, 0.2) is 12.7 Å². The Morgan fingerprint density at radius 1 is 1.20 bits per heavy atom. The van der Waals surface area contributed by atoms with Gasteiger partial charge in [0.25, 0.3) is 0 Å². The van der Waals surface area contributed by atoms with Crippen LogP contribution >= 0.6 is 0 Å². The summed E-state index contributed by atoms with van der Waals surface area (Å²) in [6, 6.07) is 0. The molecule has 3 atom stereocenters. The molecule has 0 heterocycles. The van der Waals surface area contributed by atoms with E-state index in [1.165, 1.54) is 19.3 Å². The molecule has 0 N–H and O–H groups in total. The maximum Gasteiger partial charge on any atom is -0.0118 e. The maximum atomic E-state index is 4.06. The van der Waals surface area contributed by atoms with Gasteiger partial charge in [0.15, 0.2) is 0 Å². The summed E-state index contributed by atoms with van der Waals surface area (Å²) in [5, 5.41) is 0. The Kier molecular flexibility index (Phi) is 4.03. The first-order valence-electron chi connectivity index (χ1n) is 6.54. The van der Waals surface area contributed by atoms with Gasteiger partial charge in [-0.2, -0.15) is 0 Å². The quantitative estimate of drug-likeness (QED) is 0.578. The van der Waals surface area contributed by atoms with Crippen molar-refractivity contribution in [2.75, 3.05) is 0 Å². The third-order valence-corrected chi connectivity index (χ3v) is 4.67. The molecule has 0 spiro atoms. The molecular weight excluding hydrogens is 180 g/mol. The van der Waals surface area contributed by atoms with Gasteiger partial charge in [0.1, 0.15) is 0 Å². The van der Waals surface area contributed by atoms with Crippen molar-refractivity contribution in [1.82, 2.24) is 0 Å². The standard InChI is InChI=1S/C15H28/c1-7-15(6)9-8-13(11(2)3)10-14(15)12(4)5/h7,11-14H,1,8-10H2,2-6H3. The van der Waals surface area contributed by atoms with Gasteiger partial charge < -0.3 is 0 Å². The number of rotatable bonds is 3. The van der Waals surface area contributed by atoms with Gasteiger partial charge in [-0.25, -0.2) is 0 Å². The molecule has 0 aromatic heterocycles. The lowest BCUT2D eigenvalue weighted by Crippen LogP contribution is -2.37. The van der Waals surface area contributed by atoms with Crippen molar-refractivity contribution in [3.8, 4) is 0 Å². The summed E-state index contributed by atoms with van der Waals surface area (Å²) in [4.78, 5) is 0. The average Bonchev–Trinajstić information content (AvgIpc) is 2.17. The van der Waals surface area contributed by atoms with Crippen molar-refractivity contribution in [3.63, 3.8) is 0 Å². The zero-order valence-corrected chi connectivity index (χ0v) is 11.2. The Balaban J connectivity index is 2.78. The minimum absolute atomic E-state index is 0.388. The first kappa shape index (κ1) is 12.8. The van der Waals surface area contributed by atoms with Gasteiger partial charge >= 0.3 is 0 Å². The van der Waals surface area contributed by atoms with E-state index in [1.807, 2.05) is 0 Å². The van der Waals surface area contributed by atoms with E-state index in [4.69, 9.17) is 0 Å². The maximum absolute atomic E-state index is 4.06. The molecule has 0 nitrogen and oxygen atoms in total. The van der Waals surface area contributed by atoms with E-state index in [2.05, 4.69) is 47.3 Å². The summed E-state index contributed by atoms with van der Waals surface area (Å²) in [6.45, 7) is 16.0. The zero-order chi connectivity index (χ0) is 11.6. The van der Waals surface area contributed by atoms with Crippen molar-refractivity contribution < 1.29 is 0 Å². The van der Waals surface area contributed by atoms with Crippen LogP contribution < -0.4 is 0 Å². The second-order valence-electron chi connectivity index (χ2n) is 6.34. The van der Waals surface area contributed by atoms with E-state index in [1.54, 1.807) is 0 Å². The Hall–Kier alpha value is -0.260. The number of allylic oxidation sites excluding steroid dienone is 1. The SMILES string of the molecule is C=CC1(C)CCC(C(C)C)CC1C(C)C. The molecule has 1 saturated carbocycles. The Morgan fingerprint density at radius 3 is 2.20 bits per heavy atom. The summed E-state index contributed by atoms with van der Waals surface area (Å²) in [7, 11) is 0. The molecule has 3 unspecified atom stereocenters. The minimum Gasteiger partial charge on any atom is -0.103 e. The highest BCUT2D eigenvalue weighted by atomic mass is 14.4. The predicted molar refractivity (Wildman–Crippen MR) is 68.8 cm³/mol. The molecule has 88 valence electrons. The largest absolute Gasteiger partial charge is 0.103 e. The molecule has 0 bridgehead atoms. The lowest BCUT2D eigenvalue weighted by atomic mass is 9.59. The van der Waals surface area contributed by atoms with Crippen LogP contribution in [0.4, 0.5) is 0 Å². The predicted octanol–water partition coefficient (Wildman–Crippen LogP) is 4.91.